The average Bonchev–Trinajstić information content (AvgIpc) is 2.47. The Labute approximate surface area is 119 Å². The molecule has 8 heteroatoms. The van der Waals surface area contributed by atoms with E-state index in [1.807, 2.05) is 0 Å². The Morgan fingerprint density at radius 1 is 0.682 bits per heavy atom. The largest absolute Gasteiger partial charge is 0.504 e. The standard InChI is InChI=1S/C14H8N2O6/c17-5-1-3-7-8-4(14(22)16-9(7)11(5)19)2-6(18)12(20)10(8)15-13(3)21/h1-2,17-20H,(H,15,21)(H,16,22). The molecule has 0 aliphatic carbocycles. The highest BCUT2D eigenvalue weighted by molar-refractivity contribution is 6.23. The second-order valence-electron chi connectivity index (χ2n) is 4.99. The lowest BCUT2D eigenvalue weighted by Gasteiger charge is -2.13. The maximum atomic E-state index is 12.1. The summed E-state index contributed by atoms with van der Waals surface area (Å²) < 4.78 is 0. The van der Waals surface area contributed by atoms with Gasteiger partial charge in [0.25, 0.3) is 11.1 Å². The summed E-state index contributed by atoms with van der Waals surface area (Å²) in [5, 5.41) is 39.7. The zero-order chi connectivity index (χ0) is 15.8. The van der Waals surface area contributed by atoms with E-state index in [-0.39, 0.29) is 32.6 Å². The zero-order valence-electron chi connectivity index (χ0n) is 10.8. The number of benzene rings is 2. The number of H-pyrrole nitrogens is 2. The van der Waals surface area contributed by atoms with Crippen LogP contribution in [0.2, 0.25) is 0 Å². The second-order valence-corrected chi connectivity index (χ2v) is 4.99. The molecule has 0 fully saturated rings. The van der Waals surface area contributed by atoms with Gasteiger partial charge in [-0.1, -0.05) is 0 Å². The van der Waals surface area contributed by atoms with Crippen LogP contribution in [-0.2, 0) is 0 Å². The first-order valence-corrected chi connectivity index (χ1v) is 6.21. The van der Waals surface area contributed by atoms with Crippen LogP contribution < -0.4 is 11.1 Å². The summed E-state index contributed by atoms with van der Waals surface area (Å²) >= 11 is 0. The minimum absolute atomic E-state index is 0.0316. The van der Waals surface area contributed by atoms with Gasteiger partial charge in [-0.25, -0.2) is 0 Å². The molecule has 0 aliphatic rings. The van der Waals surface area contributed by atoms with Crippen LogP contribution >= 0.6 is 0 Å². The number of nitrogens with one attached hydrogen (secondary N) is 2. The van der Waals surface area contributed by atoms with Crippen molar-refractivity contribution in [3.63, 3.8) is 0 Å². The molecule has 0 aliphatic heterocycles. The summed E-state index contributed by atoms with van der Waals surface area (Å²) in [6.45, 7) is 0. The summed E-state index contributed by atoms with van der Waals surface area (Å²) in [7, 11) is 0. The van der Waals surface area contributed by atoms with Crippen LogP contribution in [0.4, 0.5) is 0 Å². The van der Waals surface area contributed by atoms with Crippen molar-refractivity contribution < 1.29 is 20.4 Å². The van der Waals surface area contributed by atoms with E-state index in [1.165, 1.54) is 0 Å². The first kappa shape index (κ1) is 12.3. The van der Waals surface area contributed by atoms with Gasteiger partial charge in [0.15, 0.2) is 23.0 Å². The molecule has 0 atom stereocenters. The Morgan fingerprint density at radius 2 is 1.05 bits per heavy atom. The highest BCUT2D eigenvalue weighted by Crippen LogP contribution is 2.42. The van der Waals surface area contributed by atoms with Crippen LogP contribution in [0.25, 0.3) is 32.6 Å². The lowest BCUT2D eigenvalue weighted by molar-refractivity contribution is 0.407. The molecular formula is C14H8N2O6. The predicted octanol–water partition coefficient (Wildman–Crippen LogP) is 0.783. The van der Waals surface area contributed by atoms with Gasteiger partial charge in [-0.2, -0.15) is 0 Å². The molecule has 0 radical (unpaired) electrons. The van der Waals surface area contributed by atoms with Gasteiger partial charge in [0, 0.05) is 10.8 Å². The SMILES string of the molecule is O=c1[nH]c2c(O)c(O)cc3c(=O)[nH]c4c(O)c(O)cc1c4c23. The molecule has 8 nitrogen and oxygen atoms in total. The third kappa shape index (κ3) is 1.26. The summed E-state index contributed by atoms with van der Waals surface area (Å²) in [5.74, 6) is -2.27. The van der Waals surface area contributed by atoms with E-state index in [0.29, 0.717) is 0 Å². The van der Waals surface area contributed by atoms with E-state index in [2.05, 4.69) is 9.97 Å². The molecule has 0 spiro atoms. The molecule has 6 N–H and O–H groups in total. The first-order valence-electron chi connectivity index (χ1n) is 6.21. The van der Waals surface area contributed by atoms with E-state index < -0.39 is 34.1 Å². The molecule has 0 saturated heterocycles. The number of phenolic OH excluding ortho intramolecular Hbond substituents is 4. The van der Waals surface area contributed by atoms with E-state index >= 15 is 0 Å². The quantitative estimate of drug-likeness (QED) is 0.209. The van der Waals surface area contributed by atoms with Crippen molar-refractivity contribution in [3.05, 3.63) is 32.8 Å². The minimum Gasteiger partial charge on any atom is -0.504 e. The number of aromatic amines is 2. The number of aromatic nitrogens is 2. The molecule has 2 aromatic heterocycles. The number of hydrogen-bond acceptors (Lipinski definition) is 6. The highest BCUT2D eigenvalue weighted by Gasteiger charge is 2.21. The first-order chi connectivity index (χ1) is 10.4. The zero-order valence-corrected chi connectivity index (χ0v) is 10.8. The smallest absolute Gasteiger partial charge is 0.256 e. The molecule has 22 heavy (non-hydrogen) atoms. The third-order valence-electron chi connectivity index (χ3n) is 3.78. The normalized spacial score (nSPS) is 11.8. The van der Waals surface area contributed by atoms with Crippen LogP contribution in [0, 0.1) is 0 Å². The summed E-state index contributed by atoms with van der Waals surface area (Å²) in [6.07, 6.45) is 0. The van der Waals surface area contributed by atoms with Gasteiger partial charge < -0.3 is 30.4 Å². The van der Waals surface area contributed by atoms with Crippen LogP contribution in [-0.4, -0.2) is 30.4 Å². The van der Waals surface area contributed by atoms with E-state index in [9.17, 15) is 30.0 Å². The number of pyridine rings is 2. The Kier molecular flexibility index (Phi) is 2.02. The van der Waals surface area contributed by atoms with Gasteiger partial charge in [-0.15, -0.1) is 0 Å². The van der Waals surface area contributed by atoms with Gasteiger partial charge in [0.1, 0.15) is 0 Å². The molecule has 0 bridgehead atoms. The maximum Gasteiger partial charge on any atom is 0.256 e. The van der Waals surface area contributed by atoms with Crippen LogP contribution in [0.1, 0.15) is 0 Å². The van der Waals surface area contributed by atoms with Crippen molar-refractivity contribution in [2.24, 2.45) is 0 Å². The molecular weight excluding hydrogens is 292 g/mol. The van der Waals surface area contributed by atoms with E-state index in [1.54, 1.807) is 0 Å². The van der Waals surface area contributed by atoms with Crippen molar-refractivity contribution in [1.29, 1.82) is 0 Å². The topological polar surface area (TPSA) is 147 Å². The number of hydrogen-bond donors (Lipinski definition) is 6. The minimum atomic E-state index is -0.651. The van der Waals surface area contributed by atoms with Crippen LogP contribution in [0.15, 0.2) is 21.7 Å². The lowest BCUT2D eigenvalue weighted by Crippen LogP contribution is -2.13. The van der Waals surface area contributed by atoms with Crippen molar-refractivity contribution >= 4 is 32.6 Å². The van der Waals surface area contributed by atoms with Gasteiger partial charge in [-0.3, -0.25) is 9.59 Å². The second kappa shape index (κ2) is 3.61. The third-order valence-corrected chi connectivity index (χ3v) is 3.78. The van der Waals surface area contributed by atoms with Gasteiger partial charge in [0.2, 0.25) is 0 Å². The Morgan fingerprint density at radius 3 is 1.41 bits per heavy atom. The van der Waals surface area contributed by atoms with Gasteiger partial charge in [0.05, 0.1) is 21.8 Å². The molecule has 4 rings (SSSR count). The number of phenols is 4. The lowest BCUT2D eigenvalue weighted by atomic mass is 9.99. The highest BCUT2D eigenvalue weighted by atomic mass is 16.3. The average molecular weight is 300 g/mol. The summed E-state index contributed by atoms with van der Waals surface area (Å²) in [6, 6.07) is 2.13. The van der Waals surface area contributed by atoms with Gasteiger partial charge >= 0.3 is 0 Å². The Balaban J connectivity index is 2.55. The van der Waals surface area contributed by atoms with Crippen molar-refractivity contribution in [3.8, 4) is 23.0 Å². The van der Waals surface area contributed by atoms with Crippen molar-refractivity contribution in [1.82, 2.24) is 9.97 Å². The monoisotopic (exact) mass is 300 g/mol. The Bertz CT molecular complexity index is 1110. The van der Waals surface area contributed by atoms with Crippen molar-refractivity contribution in [2.75, 3.05) is 0 Å². The van der Waals surface area contributed by atoms with E-state index in [0.717, 1.165) is 12.1 Å². The van der Waals surface area contributed by atoms with Gasteiger partial charge in [-0.05, 0) is 12.1 Å². The Hall–Kier alpha value is -3.42. The molecule has 2 heterocycles. The molecule has 4 aromatic rings. The van der Waals surface area contributed by atoms with Crippen LogP contribution in [0.3, 0.4) is 0 Å². The number of rotatable bonds is 0. The summed E-state index contributed by atoms with van der Waals surface area (Å²) in [5.41, 5.74) is -1.54. The molecule has 0 amide bonds. The molecule has 0 saturated carbocycles. The summed E-state index contributed by atoms with van der Waals surface area (Å²) in [4.78, 5) is 29.0. The fourth-order valence-corrected chi connectivity index (χ4v) is 2.80. The van der Waals surface area contributed by atoms with Crippen LogP contribution in [0.5, 0.6) is 23.0 Å². The maximum absolute atomic E-state index is 12.1. The molecule has 0 unspecified atom stereocenters. The predicted molar refractivity (Wildman–Crippen MR) is 78.0 cm³/mol. The molecule has 110 valence electrons. The van der Waals surface area contributed by atoms with Crippen molar-refractivity contribution in [2.45, 2.75) is 0 Å². The fraction of sp³-hybridized carbons (Fsp3) is 0. The fourth-order valence-electron chi connectivity index (χ4n) is 2.80. The number of aromatic hydroxyl groups is 4. The van der Waals surface area contributed by atoms with E-state index in [4.69, 9.17) is 0 Å². The molecule has 2 aromatic carbocycles.